The predicted octanol–water partition coefficient (Wildman–Crippen LogP) is 1.66. The first-order valence-corrected chi connectivity index (χ1v) is 5.71. The van der Waals surface area contributed by atoms with Gasteiger partial charge in [0, 0.05) is 24.3 Å². The fraction of sp³-hybridized carbons (Fsp3) is 0.400. The molecule has 0 aliphatic heterocycles. The van der Waals surface area contributed by atoms with E-state index in [4.69, 9.17) is 15.0 Å². The van der Waals surface area contributed by atoms with Crippen molar-refractivity contribution < 1.29 is 14.3 Å². The average molecular weight is 229 g/mol. The molecule has 0 saturated heterocycles. The van der Waals surface area contributed by atoms with Gasteiger partial charge in [-0.2, -0.15) is 0 Å². The Labute approximate surface area is 93.5 Å². The summed E-state index contributed by atoms with van der Waals surface area (Å²) in [6.45, 7) is 1.76. The van der Waals surface area contributed by atoms with Gasteiger partial charge < -0.3 is 15.7 Å². The molecule has 0 unspecified atom stereocenters. The first-order chi connectivity index (χ1) is 7.15. The normalized spacial score (nSPS) is 14.7. The maximum atomic E-state index is 9.66. The number of benzene rings is 1. The molecule has 0 fully saturated rings. The van der Waals surface area contributed by atoms with Crippen LogP contribution in [-0.4, -0.2) is 17.4 Å². The highest BCUT2D eigenvalue weighted by Gasteiger charge is 2.11. The molecule has 0 heterocycles. The number of hydrogen-bond acceptors (Lipinski definition) is 5. The van der Waals surface area contributed by atoms with E-state index >= 15 is 0 Å². The zero-order valence-electron chi connectivity index (χ0n) is 8.71. The van der Waals surface area contributed by atoms with E-state index in [1.165, 1.54) is 0 Å². The third kappa shape index (κ3) is 3.71. The van der Waals surface area contributed by atoms with E-state index < -0.39 is 6.10 Å². The largest absolute Gasteiger partial charge is 0.387 e. The van der Waals surface area contributed by atoms with E-state index in [1.807, 2.05) is 0 Å². The molecule has 0 saturated carbocycles. The third-order valence-corrected chi connectivity index (χ3v) is 2.12. The lowest BCUT2D eigenvalue weighted by molar-refractivity contribution is -0.0771. The molecule has 0 spiro atoms. The van der Waals surface area contributed by atoms with Gasteiger partial charge >= 0.3 is 0 Å². The molecule has 1 aromatic rings. The Bertz CT molecular complexity index is 289. The summed E-state index contributed by atoms with van der Waals surface area (Å²) in [6, 6.07) is 6.66. The number of rotatable bonds is 5. The Balaban J connectivity index is 2.63. The van der Waals surface area contributed by atoms with Crippen LogP contribution in [0.15, 0.2) is 24.3 Å². The van der Waals surface area contributed by atoms with Crippen molar-refractivity contribution in [3.05, 3.63) is 29.8 Å². The molecule has 15 heavy (non-hydrogen) atoms. The van der Waals surface area contributed by atoms with E-state index in [9.17, 15) is 5.11 Å². The Morgan fingerprint density at radius 3 is 2.40 bits per heavy atom. The summed E-state index contributed by atoms with van der Waals surface area (Å²) >= 11 is 1.12. The van der Waals surface area contributed by atoms with E-state index in [1.54, 1.807) is 37.4 Å². The minimum Gasteiger partial charge on any atom is -0.387 e. The number of nitrogens with two attached hydrogens (primary N) is 1. The maximum Gasteiger partial charge on any atom is 0.166 e. The fourth-order valence-corrected chi connectivity index (χ4v) is 1.24. The van der Waals surface area contributed by atoms with Crippen LogP contribution in [0, 0.1) is 0 Å². The van der Waals surface area contributed by atoms with Gasteiger partial charge in [0.2, 0.25) is 0 Å². The number of hydrogen-bond donors (Lipinski definition) is 2. The van der Waals surface area contributed by atoms with Crippen LogP contribution in [0.2, 0.25) is 0 Å². The second-order valence-corrected chi connectivity index (χ2v) is 3.66. The number of aliphatic hydroxyl groups excluding tert-OH is 1. The van der Waals surface area contributed by atoms with E-state index in [2.05, 4.69) is 0 Å². The van der Waals surface area contributed by atoms with Crippen LogP contribution < -0.4 is 10.6 Å². The zero-order valence-corrected chi connectivity index (χ0v) is 9.53. The lowest BCUT2D eigenvalue weighted by atomic mass is 10.0. The molecular weight excluding hydrogens is 214 g/mol. The van der Waals surface area contributed by atoms with Gasteiger partial charge in [0.15, 0.2) is 5.75 Å². The van der Waals surface area contributed by atoms with Crippen LogP contribution in [0.3, 0.4) is 0 Å². The van der Waals surface area contributed by atoms with Crippen molar-refractivity contribution in [3.8, 4) is 5.75 Å². The quantitative estimate of drug-likeness (QED) is 0.456. The molecule has 3 N–H and O–H groups in total. The Morgan fingerprint density at radius 2 is 1.93 bits per heavy atom. The summed E-state index contributed by atoms with van der Waals surface area (Å²) < 4.78 is 4.70. The number of aliphatic hydroxyl groups is 1. The van der Waals surface area contributed by atoms with Gasteiger partial charge in [0.1, 0.15) is 0 Å². The SMILES string of the molecule is CSOOc1ccc([C@@H](O)[C@@H](C)N)cc1. The topological polar surface area (TPSA) is 64.7 Å². The Hall–Kier alpha value is -0.750. The first kappa shape index (κ1) is 12.3. The highest BCUT2D eigenvalue weighted by molar-refractivity contribution is 7.93. The molecule has 1 rings (SSSR count). The van der Waals surface area contributed by atoms with Gasteiger partial charge in [-0.05, 0) is 24.6 Å². The summed E-state index contributed by atoms with van der Waals surface area (Å²) in [5.74, 6) is 0.588. The zero-order chi connectivity index (χ0) is 11.3. The van der Waals surface area contributed by atoms with Gasteiger partial charge in [-0.25, -0.2) is 0 Å². The van der Waals surface area contributed by atoms with Crippen LogP contribution in [0.25, 0.3) is 0 Å². The van der Waals surface area contributed by atoms with E-state index in [0.717, 1.165) is 17.6 Å². The first-order valence-electron chi connectivity index (χ1n) is 4.56. The summed E-state index contributed by atoms with van der Waals surface area (Å²) in [5, 5.41) is 9.66. The minimum atomic E-state index is -0.652. The van der Waals surface area contributed by atoms with Gasteiger partial charge in [-0.1, -0.05) is 12.1 Å². The fourth-order valence-electron chi connectivity index (χ4n) is 1.10. The molecule has 0 amide bonds. The average Bonchev–Trinajstić information content (AvgIpc) is 2.26. The Morgan fingerprint density at radius 1 is 1.33 bits per heavy atom. The lowest BCUT2D eigenvalue weighted by Crippen LogP contribution is -2.24. The van der Waals surface area contributed by atoms with Crippen molar-refractivity contribution in [2.24, 2.45) is 5.73 Å². The molecule has 2 atom stereocenters. The lowest BCUT2D eigenvalue weighted by Gasteiger charge is -2.14. The van der Waals surface area contributed by atoms with Crippen LogP contribution >= 0.6 is 12.0 Å². The van der Waals surface area contributed by atoms with Crippen LogP contribution in [0.4, 0.5) is 0 Å². The van der Waals surface area contributed by atoms with Crippen molar-refractivity contribution in [1.29, 1.82) is 0 Å². The van der Waals surface area contributed by atoms with Gasteiger partial charge in [0.05, 0.1) is 6.10 Å². The second-order valence-electron chi connectivity index (χ2n) is 3.19. The third-order valence-electron chi connectivity index (χ3n) is 1.92. The van der Waals surface area contributed by atoms with Crippen molar-refractivity contribution >= 4 is 12.0 Å². The standard InChI is InChI=1S/C10H15NO3S/c1-7(11)10(12)8-3-5-9(6-4-8)13-14-15-2/h3-7,10,12H,11H2,1-2H3/t7-,10+/m1/s1. The molecule has 84 valence electrons. The second kappa shape index (κ2) is 5.97. The van der Waals surface area contributed by atoms with Crippen molar-refractivity contribution in [2.75, 3.05) is 6.26 Å². The van der Waals surface area contributed by atoms with Crippen molar-refractivity contribution in [2.45, 2.75) is 19.1 Å². The molecule has 4 nitrogen and oxygen atoms in total. The molecule has 0 aromatic heterocycles. The van der Waals surface area contributed by atoms with Gasteiger partial charge in [-0.3, -0.25) is 0 Å². The summed E-state index contributed by atoms with van der Waals surface area (Å²) in [4.78, 5) is 4.90. The van der Waals surface area contributed by atoms with Crippen LogP contribution in [0.1, 0.15) is 18.6 Å². The van der Waals surface area contributed by atoms with Crippen molar-refractivity contribution in [1.82, 2.24) is 0 Å². The summed E-state index contributed by atoms with van der Waals surface area (Å²) in [5.41, 5.74) is 6.34. The highest BCUT2D eigenvalue weighted by atomic mass is 32.2. The van der Waals surface area contributed by atoms with Crippen molar-refractivity contribution in [3.63, 3.8) is 0 Å². The molecule has 1 aromatic carbocycles. The van der Waals surface area contributed by atoms with Crippen LogP contribution in [-0.2, 0) is 4.33 Å². The summed E-state index contributed by atoms with van der Waals surface area (Å²) in [7, 11) is 0. The molecule has 0 aliphatic rings. The van der Waals surface area contributed by atoms with Gasteiger partial charge in [0.25, 0.3) is 0 Å². The predicted molar refractivity (Wildman–Crippen MR) is 60.3 cm³/mol. The minimum absolute atomic E-state index is 0.292. The molecule has 0 radical (unpaired) electrons. The van der Waals surface area contributed by atoms with Gasteiger partial charge in [-0.15, -0.1) is 4.33 Å². The highest BCUT2D eigenvalue weighted by Crippen LogP contribution is 2.20. The van der Waals surface area contributed by atoms with Crippen LogP contribution in [0.5, 0.6) is 5.75 Å². The Kier molecular flexibility index (Phi) is 4.90. The molecular formula is C10H15NO3S. The van der Waals surface area contributed by atoms with E-state index in [0.29, 0.717) is 5.75 Å². The summed E-state index contributed by atoms with van der Waals surface area (Å²) in [6.07, 6.45) is 1.11. The van der Waals surface area contributed by atoms with E-state index in [-0.39, 0.29) is 6.04 Å². The molecule has 0 bridgehead atoms. The maximum absolute atomic E-state index is 9.66. The monoisotopic (exact) mass is 229 g/mol. The smallest absolute Gasteiger partial charge is 0.166 e. The molecule has 0 aliphatic carbocycles. The molecule has 5 heteroatoms.